The Morgan fingerprint density at radius 1 is 1.11 bits per heavy atom. The Morgan fingerprint density at radius 3 is 2.57 bits per heavy atom. The number of amides is 1. The largest absolute Gasteiger partial charge is 0.494 e. The number of hydrogen-bond donors (Lipinski definition) is 2. The van der Waals surface area contributed by atoms with E-state index < -0.39 is 5.97 Å². The summed E-state index contributed by atoms with van der Waals surface area (Å²) < 4.78 is 11.4. The molecule has 0 aromatic heterocycles. The van der Waals surface area contributed by atoms with Gasteiger partial charge >= 0.3 is 5.97 Å². The van der Waals surface area contributed by atoms with Crippen LogP contribution in [0, 0.1) is 5.92 Å². The molecule has 6 heteroatoms. The number of carbonyl (C=O) groups excluding carboxylic acids is 1. The molecule has 0 bridgehead atoms. The van der Waals surface area contributed by atoms with E-state index in [2.05, 4.69) is 5.32 Å². The molecule has 0 spiro atoms. The number of aliphatic carboxylic acids is 1. The van der Waals surface area contributed by atoms with Gasteiger partial charge in [0.2, 0.25) is 5.91 Å². The van der Waals surface area contributed by atoms with Crippen molar-refractivity contribution in [2.45, 2.75) is 31.8 Å². The lowest BCUT2D eigenvalue weighted by Crippen LogP contribution is -2.33. The van der Waals surface area contributed by atoms with Crippen LogP contribution >= 0.6 is 0 Å². The molecule has 2 N–H and O–H groups in total. The van der Waals surface area contributed by atoms with Crippen LogP contribution in [0.25, 0.3) is 0 Å². The van der Waals surface area contributed by atoms with E-state index >= 15 is 0 Å². The SMILES string of the molecule is O=C(O)CCCOc1ccc(NC(=O)C2CCCOC2c2ccccc2)cc1. The van der Waals surface area contributed by atoms with E-state index in [0.717, 1.165) is 18.4 Å². The number of carboxylic acid groups (broad SMARTS) is 1. The number of carboxylic acids is 1. The van der Waals surface area contributed by atoms with Gasteiger partial charge < -0.3 is 19.9 Å². The molecule has 0 saturated carbocycles. The lowest BCUT2D eigenvalue weighted by Gasteiger charge is -2.31. The van der Waals surface area contributed by atoms with Gasteiger partial charge in [0, 0.05) is 18.7 Å². The highest BCUT2D eigenvalue weighted by molar-refractivity contribution is 5.93. The minimum atomic E-state index is -0.831. The second kappa shape index (κ2) is 9.90. The minimum Gasteiger partial charge on any atom is -0.494 e. The van der Waals surface area contributed by atoms with Crippen LogP contribution in [0.3, 0.4) is 0 Å². The summed E-state index contributed by atoms with van der Waals surface area (Å²) >= 11 is 0. The molecule has 1 aliphatic rings. The first kappa shape index (κ1) is 19.9. The topological polar surface area (TPSA) is 84.9 Å². The molecule has 1 saturated heterocycles. The molecular weight excluding hydrogens is 358 g/mol. The molecule has 148 valence electrons. The van der Waals surface area contributed by atoms with Crippen molar-refractivity contribution in [2.24, 2.45) is 5.92 Å². The number of benzene rings is 2. The van der Waals surface area contributed by atoms with E-state index in [9.17, 15) is 9.59 Å². The van der Waals surface area contributed by atoms with Gasteiger partial charge in [0.15, 0.2) is 0 Å². The number of hydrogen-bond acceptors (Lipinski definition) is 4. The fraction of sp³-hybridized carbons (Fsp3) is 0.364. The van der Waals surface area contributed by atoms with Crippen molar-refractivity contribution >= 4 is 17.6 Å². The molecular formula is C22H25NO5. The normalized spacial score (nSPS) is 19.0. The van der Waals surface area contributed by atoms with Gasteiger partial charge in [0.05, 0.1) is 18.6 Å². The summed E-state index contributed by atoms with van der Waals surface area (Å²) in [5.41, 5.74) is 1.72. The maximum absolute atomic E-state index is 12.8. The molecule has 1 heterocycles. The van der Waals surface area contributed by atoms with E-state index in [1.54, 1.807) is 24.3 Å². The fourth-order valence-corrected chi connectivity index (χ4v) is 3.30. The molecule has 0 aliphatic carbocycles. The Morgan fingerprint density at radius 2 is 1.86 bits per heavy atom. The molecule has 28 heavy (non-hydrogen) atoms. The lowest BCUT2D eigenvalue weighted by atomic mass is 9.88. The quantitative estimate of drug-likeness (QED) is 0.672. The van der Waals surface area contributed by atoms with Crippen LogP contribution in [-0.4, -0.2) is 30.2 Å². The molecule has 2 unspecified atom stereocenters. The zero-order valence-electron chi connectivity index (χ0n) is 15.7. The van der Waals surface area contributed by atoms with Crippen molar-refractivity contribution in [3.8, 4) is 5.75 Å². The summed E-state index contributed by atoms with van der Waals surface area (Å²) in [4.78, 5) is 23.3. The molecule has 2 atom stereocenters. The van der Waals surface area contributed by atoms with Crippen LogP contribution in [0.4, 0.5) is 5.69 Å². The summed E-state index contributed by atoms with van der Waals surface area (Å²) in [6.45, 7) is 1.01. The van der Waals surface area contributed by atoms with Crippen molar-refractivity contribution in [3.63, 3.8) is 0 Å². The van der Waals surface area contributed by atoms with Gasteiger partial charge in [0.25, 0.3) is 0 Å². The number of ether oxygens (including phenoxy) is 2. The minimum absolute atomic E-state index is 0.0521. The number of nitrogens with one attached hydrogen (secondary N) is 1. The van der Waals surface area contributed by atoms with Crippen LogP contribution in [0.5, 0.6) is 5.75 Å². The van der Waals surface area contributed by atoms with Gasteiger partial charge in [-0.1, -0.05) is 30.3 Å². The van der Waals surface area contributed by atoms with Crippen LogP contribution in [0.15, 0.2) is 54.6 Å². The van der Waals surface area contributed by atoms with Crippen molar-refractivity contribution < 1.29 is 24.2 Å². The second-order valence-electron chi connectivity index (χ2n) is 6.81. The van der Waals surface area contributed by atoms with E-state index in [-0.39, 0.29) is 24.3 Å². The number of rotatable bonds is 8. The first-order valence-electron chi connectivity index (χ1n) is 9.55. The standard InChI is InChI=1S/C22H25NO5/c24-20(25)9-5-14-27-18-12-10-17(11-13-18)23-22(26)19-8-4-15-28-21(19)16-6-2-1-3-7-16/h1-3,6-7,10-13,19,21H,4-5,8-9,14-15H2,(H,23,26)(H,24,25). The predicted octanol–water partition coefficient (Wildman–Crippen LogP) is 4.04. The Hall–Kier alpha value is -2.86. The Kier molecular flexibility index (Phi) is 7.03. The van der Waals surface area contributed by atoms with Crippen molar-refractivity contribution in [1.29, 1.82) is 0 Å². The van der Waals surface area contributed by atoms with E-state index in [4.69, 9.17) is 14.6 Å². The van der Waals surface area contributed by atoms with Gasteiger partial charge in [-0.25, -0.2) is 0 Å². The lowest BCUT2D eigenvalue weighted by molar-refractivity contribution is -0.137. The van der Waals surface area contributed by atoms with E-state index in [1.807, 2.05) is 30.3 Å². The van der Waals surface area contributed by atoms with E-state index in [0.29, 0.717) is 31.1 Å². The van der Waals surface area contributed by atoms with Gasteiger partial charge in [-0.15, -0.1) is 0 Å². The van der Waals surface area contributed by atoms with Gasteiger partial charge in [0.1, 0.15) is 5.75 Å². The highest BCUT2D eigenvalue weighted by atomic mass is 16.5. The van der Waals surface area contributed by atoms with Crippen molar-refractivity contribution in [2.75, 3.05) is 18.5 Å². The Labute approximate surface area is 164 Å². The fourth-order valence-electron chi connectivity index (χ4n) is 3.30. The average molecular weight is 383 g/mol. The van der Waals surface area contributed by atoms with Gasteiger partial charge in [-0.05, 0) is 49.1 Å². The van der Waals surface area contributed by atoms with Crippen LogP contribution < -0.4 is 10.1 Å². The molecule has 1 fully saturated rings. The second-order valence-corrected chi connectivity index (χ2v) is 6.81. The zero-order chi connectivity index (χ0) is 19.8. The summed E-state index contributed by atoms with van der Waals surface area (Å²) in [7, 11) is 0. The monoisotopic (exact) mass is 383 g/mol. The highest BCUT2D eigenvalue weighted by Gasteiger charge is 2.33. The molecule has 2 aromatic carbocycles. The van der Waals surface area contributed by atoms with Crippen LogP contribution in [0.2, 0.25) is 0 Å². The highest BCUT2D eigenvalue weighted by Crippen LogP contribution is 2.34. The first-order chi connectivity index (χ1) is 13.6. The van der Waals surface area contributed by atoms with Gasteiger partial charge in [-0.3, -0.25) is 9.59 Å². The molecule has 6 nitrogen and oxygen atoms in total. The molecule has 1 aliphatic heterocycles. The summed E-state index contributed by atoms with van der Waals surface area (Å²) in [5, 5.41) is 11.6. The Bertz CT molecular complexity index is 775. The van der Waals surface area contributed by atoms with Crippen molar-refractivity contribution in [1.82, 2.24) is 0 Å². The maximum atomic E-state index is 12.8. The summed E-state index contributed by atoms with van der Waals surface area (Å²) in [6.07, 6.45) is 1.96. The average Bonchev–Trinajstić information content (AvgIpc) is 2.73. The molecule has 0 radical (unpaired) electrons. The number of anilines is 1. The molecule has 2 aromatic rings. The maximum Gasteiger partial charge on any atom is 0.303 e. The first-order valence-corrected chi connectivity index (χ1v) is 9.55. The molecule has 1 amide bonds. The third-order valence-electron chi connectivity index (χ3n) is 4.71. The predicted molar refractivity (Wildman–Crippen MR) is 105 cm³/mol. The zero-order valence-corrected chi connectivity index (χ0v) is 15.7. The number of carbonyl (C=O) groups is 2. The smallest absolute Gasteiger partial charge is 0.303 e. The third kappa shape index (κ3) is 5.57. The van der Waals surface area contributed by atoms with Gasteiger partial charge in [-0.2, -0.15) is 0 Å². The Balaban J connectivity index is 1.56. The molecule has 3 rings (SSSR count). The third-order valence-corrected chi connectivity index (χ3v) is 4.71. The summed E-state index contributed by atoms with van der Waals surface area (Å²) in [6, 6.07) is 16.9. The van der Waals surface area contributed by atoms with E-state index in [1.165, 1.54) is 0 Å². The summed E-state index contributed by atoms with van der Waals surface area (Å²) in [5.74, 6) is -0.472. The van der Waals surface area contributed by atoms with Crippen molar-refractivity contribution in [3.05, 3.63) is 60.2 Å². The van der Waals surface area contributed by atoms with Crippen LogP contribution in [-0.2, 0) is 14.3 Å². The van der Waals surface area contributed by atoms with Crippen LogP contribution in [0.1, 0.15) is 37.4 Å².